The monoisotopic (exact) mass is 684 g/mol. The van der Waals surface area contributed by atoms with Gasteiger partial charge < -0.3 is 26.4 Å². The number of aromatic nitrogens is 4. The smallest absolute Gasteiger partial charge is 0.404 e. The van der Waals surface area contributed by atoms with Gasteiger partial charge in [0.05, 0.1) is 0 Å². The zero-order chi connectivity index (χ0) is 35.8. The lowest BCUT2D eigenvalue weighted by Gasteiger charge is -2.29. The number of anilines is 1. The van der Waals surface area contributed by atoms with Crippen molar-refractivity contribution in [3.05, 3.63) is 83.2 Å². The number of tetrazole rings is 1. The summed E-state index contributed by atoms with van der Waals surface area (Å²) >= 11 is 0. The van der Waals surface area contributed by atoms with Gasteiger partial charge in [-0.2, -0.15) is 5.21 Å². The van der Waals surface area contributed by atoms with Crippen LogP contribution in [0, 0.1) is 24.6 Å². The molecule has 0 spiro atoms. The minimum Gasteiger partial charge on any atom is -0.465 e. The third-order valence-electron chi connectivity index (χ3n) is 8.88. The fraction of sp³-hybridized carbons (Fsp3) is 0.361. The van der Waals surface area contributed by atoms with Crippen molar-refractivity contribution < 1.29 is 28.7 Å². The summed E-state index contributed by atoms with van der Waals surface area (Å²) in [5, 5.41) is 33.9. The van der Waals surface area contributed by atoms with E-state index in [-0.39, 0.29) is 41.7 Å². The van der Waals surface area contributed by atoms with E-state index < -0.39 is 23.9 Å². The highest BCUT2D eigenvalue weighted by Gasteiger charge is 2.30. The number of carbonyl (C=O) groups excluding carboxylic acids is 3. The second-order valence-electron chi connectivity index (χ2n) is 12.9. The van der Waals surface area contributed by atoms with Gasteiger partial charge in [0, 0.05) is 41.7 Å². The highest BCUT2D eigenvalue weighted by Crippen LogP contribution is 2.30. The molecule has 3 aromatic carbocycles. The van der Waals surface area contributed by atoms with Crippen LogP contribution in [0.2, 0.25) is 0 Å². The fourth-order valence-electron chi connectivity index (χ4n) is 6.09. The van der Waals surface area contributed by atoms with E-state index in [0.717, 1.165) is 5.56 Å². The summed E-state index contributed by atoms with van der Waals surface area (Å²) in [6.07, 6.45) is 1.68. The van der Waals surface area contributed by atoms with Crippen LogP contribution in [0.4, 0.5) is 14.9 Å². The van der Waals surface area contributed by atoms with Crippen molar-refractivity contribution in [2.75, 3.05) is 11.9 Å². The van der Waals surface area contributed by atoms with E-state index in [2.05, 4.69) is 41.9 Å². The number of nitrogens with zero attached hydrogens (tertiary/aromatic N) is 3. The molecule has 0 saturated heterocycles. The zero-order valence-corrected chi connectivity index (χ0v) is 28.1. The Labute approximate surface area is 288 Å². The summed E-state index contributed by atoms with van der Waals surface area (Å²) in [6, 6.07) is 16.0. The molecule has 4 amide bonds. The molecule has 1 heterocycles. The summed E-state index contributed by atoms with van der Waals surface area (Å²) < 4.78 is 14.9. The van der Waals surface area contributed by atoms with Crippen LogP contribution < -0.4 is 21.3 Å². The van der Waals surface area contributed by atoms with E-state index in [1.54, 1.807) is 49.4 Å². The first-order valence-corrected chi connectivity index (χ1v) is 16.6. The van der Waals surface area contributed by atoms with Crippen LogP contribution in [-0.4, -0.2) is 68.2 Å². The normalized spacial score (nSPS) is 16.3. The molecule has 0 aliphatic heterocycles. The number of aromatic amines is 1. The number of H-pyrrole nitrogens is 1. The first-order valence-electron chi connectivity index (χ1n) is 16.6. The van der Waals surface area contributed by atoms with Gasteiger partial charge in [-0.15, -0.1) is 10.2 Å². The third kappa shape index (κ3) is 9.27. The largest absolute Gasteiger partial charge is 0.465 e. The van der Waals surface area contributed by atoms with Crippen LogP contribution in [0.5, 0.6) is 0 Å². The van der Waals surface area contributed by atoms with E-state index in [1.165, 1.54) is 6.07 Å². The Morgan fingerprint density at radius 2 is 1.62 bits per heavy atom. The van der Waals surface area contributed by atoms with Gasteiger partial charge in [-0.1, -0.05) is 24.3 Å². The van der Waals surface area contributed by atoms with Crippen LogP contribution in [0.3, 0.4) is 0 Å². The Hall–Kier alpha value is -5.66. The maximum absolute atomic E-state index is 14.9. The van der Waals surface area contributed by atoms with Crippen molar-refractivity contribution >= 4 is 29.5 Å². The zero-order valence-electron chi connectivity index (χ0n) is 28.1. The van der Waals surface area contributed by atoms with Crippen LogP contribution >= 0.6 is 0 Å². The van der Waals surface area contributed by atoms with E-state index >= 15 is 0 Å². The molecule has 1 aliphatic carbocycles. The van der Waals surface area contributed by atoms with E-state index in [4.69, 9.17) is 5.11 Å². The van der Waals surface area contributed by atoms with Gasteiger partial charge in [-0.05, 0) is 116 Å². The fourth-order valence-corrected chi connectivity index (χ4v) is 6.09. The number of halogens is 1. The Kier molecular flexibility index (Phi) is 11.5. The van der Waals surface area contributed by atoms with E-state index in [1.807, 2.05) is 26.0 Å². The highest BCUT2D eigenvalue weighted by atomic mass is 19.1. The van der Waals surface area contributed by atoms with Crippen LogP contribution in [-0.2, 0) is 16.0 Å². The molecular weight excluding hydrogens is 643 g/mol. The SMILES string of the molecule is Cc1c(F)cc(C(=O)NC(C)C)cc1-c1ccc(C[C@H](NC(=O)C2CCC(CNC(=O)O)CC2)C(=O)Nc2ccc(-c3nn[nH]n3)cc2)cc1. The number of hydrogen-bond donors (Lipinski definition) is 6. The summed E-state index contributed by atoms with van der Waals surface area (Å²) in [5.74, 6) is -1.23. The summed E-state index contributed by atoms with van der Waals surface area (Å²) in [4.78, 5) is 50.7. The van der Waals surface area contributed by atoms with Gasteiger partial charge in [0.15, 0.2) is 0 Å². The molecule has 50 heavy (non-hydrogen) atoms. The van der Waals surface area contributed by atoms with Gasteiger partial charge in [-0.3, -0.25) is 14.4 Å². The lowest BCUT2D eigenvalue weighted by Crippen LogP contribution is -2.48. The van der Waals surface area contributed by atoms with Crippen molar-refractivity contribution in [2.45, 2.75) is 65.0 Å². The van der Waals surface area contributed by atoms with Crippen molar-refractivity contribution in [2.24, 2.45) is 11.8 Å². The maximum Gasteiger partial charge on any atom is 0.404 e. The van der Waals surface area contributed by atoms with Gasteiger partial charge in [0.1, 0.15) is 11.9 Å². The molecule has 1 atom stereocenters. The molecule has 0 radical (unpaired) electrons. The molecule has 1 aliphatic rings. The lowest BCUT2D eigenvalue weighted by molar-refractivity contribution is -0.130. The minimum atomic E-state index is -1.07. The second kappa shape index (κ2) is 16.2. The topological polar surface area (TPSA) is 191 Å². The quantitative estimate of drug-likeness (QED) is 0.122. The van der Waals surface area contributed by atoms with Crippen molar-refractivity contribution in [3.8, 4) is 22.5 Å². The molecule has 0 unspecified atom stereocenters. The molecule has 6 N–H and O–H groups in total. The van der Waals surface area contributed by atoms with Crippen molar-refractivity contribution in [1.29, 1.82) is 0 Å². The van der Waals surface area contributed by atoms with E-state index in [9.17, 15) is 23.6 Å². The summed E-state index contributed by atoms with van der Waals surface area (Å²) in [6.45, 7) is 5.67. The summed E-state index contributed by atoms with van der Waals surface area (Å²) in [5.41, 5.74) is 3.88. The maximum atomic E-state index is 14.9. The third-order valence-corrected chi connectivity index (χ3v) is 8.88. The molecule has 0 bridgehead atoms. The average molecular weight is 685 g/mol. The first-order chi connectivity index (χ1) is 24.0. The van der Waals surface area contributed by atoms with Gasteiger partial charge in [0.25, 0.3) is 5.91 Å². The molecule has 4 aromatic rings. The highest BCUT2D eigenvalue weighted by molar-refractivity contribution is 5.98. The van der Waals surface area contributed by atoms with Gasteiger partial charge in [0.2, 0.25) is 17.6 Å². The number of nitrogens with one attached hydrogen (secondary N) is 5. The molecule has 14 heteroatoms. The van der Waals surface area contributed by atoms with Gasteiger partial charge in [-0.25, -0.2) is 9.18 Å². The molecule has 5 rings (SSSR count). The van der Waals surface area contributed by atoms with Crippen molar-refractivity contribution in [1.82, 2.24) is 36.6 Å². The second-order valence-corrected chi connectivity index (χ2v) is 12.9. The Morgan fingerprint density at radius 3 is 2.24 bits per heavy atom. The standard InChI is InChI=1S/C36H41FN8O5/c1-20(2)39-34(47)27-17-29(21(3)30(37)18-27)24-8-4-22(5-9-24)16-31(41-33(46)26-10-6-23(7-11-26)19-38-36(49)50)35(48)40-28-14-12-25(13-15-28)32-42-44-45-43-32/h4-5,8-9,12-15,17-18,20,23,26,31,38H,6-7,10-11,16,19H2,1-3H3,(H,39,47)(H,40,48)(H,41,46)(H,49,50)(H,42,43,44,45)/t23?,26?,31-/m0/s1. The van der Waals surface area contributed by atoms with Crippen LogP contribution in [0.1, 0.15) is 61.0 Å². The Morgan fingerprint density at radius 1 is 0.940 bits per heavy atom. The molecule has 13 nitrogen and oxygen atoms in total. The number of amides is 4. The molecular formula is C36H41FN8O5. The van der Waals surface area contributed by atoms with Gasteiger partial charge >= 0.3 is 6.09 Å². The van der Waals surface area contributed by atoms with Crippen LogP contribution in [0.15, 0.2) is 60.7 Å². The molecule has 1 saturated carbocycles. The van der Waals surface area contributed by atoms with Crippen molar-refractivity contribution in [3.63, 3.8) is 0 Å². The predicted molar refractivity (Wildman–Crippen MR) is 185 cm³/mol. The molecule has 1 fully saturated rings. The predicted octanol–water partition coefficient (Wildman–Crippen LogP) is 4.86. The number of carboxylic acid groups (broad SMARTS) is 1. The number of hydrogen-bond acceptors (Lipinski definition) is 7. The number of carbonyl (C=O) groups is 4. The minimum absolute atomic E-state index is 0.104. The van der Waals surface area contributed by atoms with E-state index in [0.29, 0.717) is 66.0 Å². The average Bonchev–Trinajstić information content (AvgIpc) is 3.64. The first kappa shape index (κ1) is 35.6. The number of rotatable bonds is 12. The lowest BCUT2D eigenvalue weighted by atomic mass is 9.81. The molecule has 1 aromatic heterocycles. The van der Waals surface area contributed by atoms with Crippen LogP contribution in [0.25, 0.3) is 22.5 Å². The summed E-state index contributed by atoms with van der Waals surface area (Å²) in [7, 11) is 0. The Bertz CT molecular complexity index is 1810. The number of benzene rings is 3. The molecule has 262 valence electrons. The Balaban J connectivity index is 1.32.